The number of aliphatic carboxylic acids is 1. The van der Waals surface area contributed by atoms with Crippen LogP contribution in [0.5, 0.6) is 0 Å². The van der Waals surface area contributed by atoms with Crippen molar-refractivity contribution in [2.75, 3.05) is 19.6 Å². The van der Waals surface area contributed by atoms with Crippen molar-refractivity contribution in [1.82, 2.24) is 9.80 Å². The van der Waals surface area contributed by atoms with E-state index in [0.717, 1.165) is 26.1 Å². The average molecular weight is 246 g/mol. The third kappa shape index (κ3) is 2.26. The molecule has 2 bridgehead atoms. The second-order valence-corrected chi connectivity index (χ2v) is 5.28. The highest BCUT2D eigenvalue weighted by Gasteiger charge is 2.43. The van der Waals surface area contributed by atoms with Gasteiger partial charge in [0, 0.05) is 31.7 Å². The first-order valence-corrected chi connectivity index (χ1v) is 6.46. The van der Waals surface area contributed by atoms with Crippen LogP contribution >= 0.6 is 0 Å². The third-order valence-corrected chi connectivity index (χ3v) is 4.03. The number of fused-ring (bicyclic) bond motifs is 2. The lowest BCUT2D eigenvalue weighted by Crippen LogP contribution is -2.47. The molecule has 0 spiro atoms. The first-order valence-electron chi connectivity index (χ1n) is 6.46. The van der Waals surface area contributed by atoms with Gasteiger partial charge in [-0.2, -0.15) is 0 Å². The summed E-state index contributed by atoms with van der Waals surface area (Å²) in [4.78, 5) is 15.3. The average Bonchev–Trinajstić information content (AvgIpc) is 2.89. The van der Waals surface area contributed by atoms with Gasteiger partial charge in [0.1, 0.15) is 0 Å². The summed E-state index contributed by atoms with van der Waals surface area (Å²) in [6, 6.07) is 11.5. The summed E-state index contributed by atoms with van der Waals surface area (Å²) in [5.74, 6) is -0.711. The third-order valence-electron chi connectivity index (χ3n) is 4.03. The maximum Gasteiger partial charge on any atom is 0.317 e. The van der Waals surface area contributed by atoms with Crippen LogP contribution in [0, 0.1) is 0 Å². The summed E-state index contributed by atoms with van der Waals surface area (Å²) in [5.41, 5.74) is 1.34. The van der Waals surface area contributed by atoms with E-state index in [1.807, 2.05) is 6.07 Å². The molecule has 0 amide bonds. The number of likely N-dealkylation sites (tertiary alicyclic amines) is 2. The van der Waals surface area contributed by atoms with Crippen LogP contribution in [0.1, 0.15) is 12.0 Å². The normalized spacial score (nSPS) is 27.8. The maximum absolute atomic E-state index is 10.7. The molecule has 3 rings (SSSR count). The molecule has 0 saturated carbocycles. The molecule has 0 radical (unpaired) electrons. The van der Waals surface area contributed by atoms with Gasteiger partial charge in [-0.1, -0.05) is 30.3 Å². The SMILES string of the molecule is O=C(O)CN1CC2CC1CN2Cc1ccccc1. The van der Waals surface area contributed by atoms with E-state index in [0.29, 0.717) is 12.1 Å². The van der Waals surface area contributed by atoms with Gasteiger partial charge in [-0.05, 0) is 12.0 Å². The van der Waals surface area contributed by atoms with Crippen molar-refractivity contribution in [3.05, 3.63) is 35.9 Å². The van der Waals surface area contributed by atoms with E-state index in [1.54, 1.807) is 0 Å². The number of carbonyl (C=O) groups is 1. The molecule has 4 nitrogen and oxygen atoms in total. The van der Waals surface area contributed by atoms with Gasteiger partial charge in [0.2, 0.25) is 0 Å². The lowest BCUT2D eigenvalue weighted by atomic mass is 10.2. The van der Waals surface area contributed by atoms with Crippen molar-refractivity contribution in [3.8, 4) is 0 Å². The van der Waals surface area contributed by atoms with Crippen LogP contribution in [-0.2, 0) is 11.3 Å². The molecule has 4 heteroatoms. The summed E-state index contributed by atoms with van der Waals surface area (Å²) >= 11 is 0. The van der Waals surface area contributed by atoms with Crippen molar-refractivity contribution in [1.29, 1.82) is 0 Å². The van der Waals surface area contributed by atoms with Gasteiger partial charge < -0.3 is 5.11 Å². The van der Waals surface area contributed by atoms with Gasteiger partial charge in [0.25, 0.3) is 0 Å². The van der Waals surface area contributed by atoms with Crippen LogP contribution < -0.4 is 0 Å². The Hall–Kier alpha value is -1.39. The van der Waals surface area contributed by atoms with Crippen molar-refractivity contribution >= 4 is 5.97 Å². The predicted molar refractivity (Wildman–Crippen MR) is 68.3 cm³/mol. The zero-order valence-electron chi connectivity index (χ0n) is 10.3. The molecule has 2 aliphatic rings. The van der Waals surface area contributed by atoms with Crippen LogP contribution in [0.15, 0.2) is 30.3 Å². The molecule has 0 aliphatic carbocycles. The molecule has 96 valence electrons. The van der Waals surface area contributed by atoms with Crippen LogP contribution in [0.2, 0.25) is 0 Å². The minimum absolute atomic E-state index is 0.195. The summed E-state index contributed by atoms with van der Waals surface area (Å²) < 4.78 is 0. The summed E-state index contributed by atoms with van der Waals surface area (Å²) in [5, 5.41) is 8.85. The number of piperazine rings is 1. The Morgan fingerprint density at radius 2 is 1.83 bits per heavy atom. The standard InChI is InChI=1S/C14H18N2O2/c17-14(18)10-16-9-12-6-13(16)8-15(12)7-11-4-2-1-3-5-11/h1-5,12-13H,6-10H2,(H,17,18). The number of nitrogens with zero attached hydrogens (tertiary/aromatic N) is 2. The predicted octanol–water partition coefficient (Wildman–Crippen LogP) is 1.03. The Kier molecular flexibility index (Phi) is 3.06. The van der Waals surface area contributed by atoms with E-state index in [-0.39, 0.29) is 6.54 Å². The monoisotopic (exact) mass is 246 g/mol. The number of hydrogen-bond acceptors (Lipinski definition) is 3. The number of carboxylic acid groups (broad SMARTS) is 1. The maximum atomic E-state index is 10.7. The van der Waals surface area contributed by atoms with Gasteiger partial charge in [-0.15, -0.1) is 0 Å². The van der Waals surface area contributed by atoms with Crippen molar-refractivity contribution in [2.45, 2.75) is 25.0 Å². The fourth-order valence-electron chi connectivity index (χ4n) is 3.21. The number of carboxylic acids is 1. The van der Waals surface area contributed by atoms with Crippen LogP contribution in [0.4, 0.5) is 0 Å². The highest BCUT2D eigenvalue weighted by Crippen LogP contribution is 2.31. The van der Waals surface area contributed by atoms with E-state index >= 15 is 0 Å². The Bertz CT molecular complexity index is 435. The van der Waals surface area contributed by atoms with E-state index in [9.17, 15) is 4.79 Å². The van der Waals surface area contributed by atoms with Gasteiger partial charge in [-0.25, -0.2) is 0 Å². The molecule has 1 aromatic rings. The zero-order valence-corrected chi connectivity index (χ0v) is 10.3. The minimum atomic E-state index is -0.711. The fourth-order valence-corrected chi connectivity index (χ4v) is 3.21. The number of rotatable bonds is 4. The first-order chi connectivity index (χ1) is 8.72. The van der Waals surface area contributed by atoms with Gasteiger partial charge in [0.05, 0.1) is 6.54 Å². The molecule has 0 aromatic heterocycles. The fraction of sp³-hybridized carbons (Fsp3) is 0.500. The summed E-state index contributed by atoms with van der Waals surface area (Å²) in [6.07, 6.45) is 1.13. The molecule has 1 N–H and O–H groups in total. The van der Waals surface area contributed by atoms with E-state index in [4.69, 9.17) is 5.11 Å². The van der Waals surface area contributed by atoms with Gasteiger partial charge in [0.15, 0.2) is 0 Å². The molecule has 2 aliphatic heterocycles. The molecular formula is C14H18N2O2. The quantitative estimate of drug-likeness (QED) is 0.862. The highest BCUT2D eigenvalue weighted by atomic mass is 16.4. The molecule has 2 unspecified atom stereocenters. The van der Waals surface area contributed by atoms with Crippen LogP contribution in [-0.4, -0.2) is 52.6 Å². The smallest absolute Gasteiger partial charge is 0.317 e. The highest BCUT2D eigenvalue weighted by molar-refractivity contribution is 5.69. The minimum Gasteiger partial charge on any atom is -0.480 e. The van der Waals surface area contributed by atoms with Crippen molar-refractivity contribution < 1.29 is 9.90 Å². The largest absolute Gasteiger partial charge is 0.480 e. The van der Waals surface area contributed by atoms with Gasteiger partial charge >= 0.3 is 5.97 Å². The summed E-state index contributed by atoms with van der Waals surface area (Å²) in [6.45, 7) is 3.10. The topological polar surface area (TPSA) is 43.8 Å². The van der Waals surface area contributed by atoms with Crippen molar-refractivity contribution in [2.24, 2.45) is 0 Å². The number of benzene rings is 1. The molecule has 2 heterocycles. The van der Waals surface area contributed by atoms with Crippen LogP contribution in [0.3, 0.4) is 0 Å². The molecule has 2 saturated heterocycles. The number of hydrogen-bond donors (Lipinski definition) is 1. The Labute approximate surface area is 107 Å². The van der Waals surface area contributed by atoms with E-state index in [1.165, 1.54) is 5.56 Å². The van der Waals surface area contributed by atoms with Gasteiger partial charge in [-0.3, -0.25) is 14.6 Å². The van der Waals surface area contributed by atoms with Crippen molar-refractivity contribution in [3.63, 3.8) is 0 Å². The Balaban J connectivity index is 1.59. The Morgan fingerprint density at radius 1 is 1.17 bits per heavy atom. The van der Waals surface area contributed by atoms with Crippen LogP contribution in [0.25, 0.3) is 0 Å². The Morgan fingerprint density at radius 3 is 2.44 bits per heavy atom. The molecule has 18 heavy (non-hydrogen) atoms. The lowest BCUT2D eigenvalue weighted by Gasteiger charge is -2.33. The lowest BCUT2D eigenvalue weighted by molar-refractivity contribution is -0.138. The molecular weight excluding hydrogens is 228 g/mol. The van der Waals surface area contributed by atoms with E-state index < -0.39 is 5.97 Å². The second-order valence-electron chi connectivity index (χ2n) is 5.28. The van der Waals surface area contributed by atoms with E-state index in [2.05, 4.69) is 34.1 Å². The first kappa shape index (κ1) is 11.7. The zero-order chi connectivity index (χ0) is 12.5. The summed E-state index contributed by atoms with van der Waals surface area (Å²) in [7, 11) is 0. The molecule has 1 aromatic carbocycles. The molecule has 2 fully saturated rings. The molecule has 2 atom stereocenters. The second kappa shape index (κ2) is 4.71.